The highest BCUT2D eigenvalue weighted by Crippen LogP contribution is 2.34. The fourth-order valence-corrected chi connectivity index (χ4v) is 4.71. The van der Waals surface area contributed by atoms with E-state index >= 15 is 0 Å². The largest absolute Gasteiger partial charge is 0.293 e. The Morgan fingerprint density at radius 1 is 1.17 bits per heavy atom. The second-order valence-corrected chi connectivity index (χ2v) is 8.31. The van der Waals surface area contributed by atoms with Crippen LogP contribution in [-0.2, 0) is 10.0 Å². The lowest BCUT2D eigenvalue weighted by atomic mass is 10.0. The second kappa shape index (κ2) is 5.72. The molecule has 3 rings (SSSR count). The average molecular weight is 398 g/mol. The summed E-state index contributed by atoms with van der Waals surface area (Å²) in [6.45, 7) is 1.83. The fraction of sp³-hybridized carbons (Fsp3) is 0.188. The first-order valence-electron chi connectivity index (χ1n) is 6.88. The number of nitrogens with zero attached hydrogens (tertiary/aromatic N) is 1. The number of fused-ring (bicyclic) bond motifs is 1. The van der Waals surface area contributed by atoms with Crippen molar-refractivity contribution in [3.63, 3.8) is 0 Å². The van der Waals surface area contributed by atoms with Crippen molar-refractivity contribution in [3.05, 3.63) is 59.4 Å². The molecule has 0 N–H and O–H groups in total. The molecule has 0 aliphatic carbocycles. The first kappa shape index (κ1) is 16.1. The molecule has 1 aliphatic rings. The Morgan fingerprint density at radius 3 is 2.48 bits per heavy atom. The summed E-state index contributed by atoms with van der Waals surface area (Å²) in [5.74, 6) is -0.902. The topological polar surface area (TPSA) is 54.5 Å². The standard InChI is InChI=1S/C16H13BrFNO3S/c1-10-2-5-12(6-3-10)23(21,22)19-9-14(17)16(20)13-8-11(18)4-7-15(13)19/h2-8,14H,9H2,1H3. The van der Waals surface area contributed by atoms with E-state index < -0.39 is 20.7 Å². The maximum absolute atomic E-state index is 13.5. The summed E-state index contributed by atoms with van der Waals surface area (Å²) in [5.41, 5.74) is 1.21. The van der Waals surface area contributed by atoms with Gasteiger partial charge in [-0.1, -0.05) is 33.6 Å². The first-order valence-corrected chi connectivity index (χ1v) is 9.23. The molecule has 1 heterocycles. The van der Waals surface area contributed by atoms with Crippen LogP contribution < -0.4 is 4.31 Å². The molecule has 0 bridgehead atoms. The van der Waals surface area contributed by atoms with Crippen molar-refractivity contribution in [2.24, 2.45) is 0 Å². The van der Waals surface area contributed by atoms with Gasteiger partial charge in [0.15, 0.2) is 5.78 Å². The molecule has 0 fully saturated rings. The van der Waals surface area contributed by atoms with Crippen molar-refractivity contribution in [2.45, 2.75) is 16.6 Å². The molecule has 0 aromatic heterocycles. The number of rotatable bonds is 2. The normalized spacial score (nSPS) is 18.0. The minimum Gasteiger partial charge on any atom is -0.293 e. The molecule has 1 atom stereocenters. The van der Waals surface area contributed by atoms with Crippen LogP contribution in [0, 0.1) is 12.7 Å². The number of benzene rings is 2. The minimum atomic E-state index is -3.83. The average Bonchev–Trinajstić information content (AvgIpc) is 2.51. The number of sulfonamides is 1. The Balaban J connectivity index is 2.15. The second-order valence-electron chi connectivity index (χ2n) is 5.34. The van der Waals surface area contributed by atoms with Gasteiger partial charge in [-0.3, -0.25) is 9.10 Å². The molecule has 0 spiro atoms. The zero-order valence-electron chi connectivity index (χ0n) is 12.2. The predicted molar refractivity (Wildman–Crippen MR) is 89.2 cm³/mol. The smallest absolute Gasteiger partial charge is 0.264 e. The molecular formula is C16H13BrFNO3S. The summed E-state index contributed by atoms with van der Waals surface area (Å²) < 4.78 is 40.4. The van der Waals surface area contributed by atoms with Gasteiger partial charge in [0.25, 0.3) is 10.0 Å². The molecule has 2 aromatic carbocycles. The van der Waals surface area contributed by atoms with Gasteiger partial charge in [-0.05, 0) is 37.3 Å². The van der Waals surface area contributed by atoms with Gasteiger partial charge in [0.05, 0.1) is 22.0 Å². The van der Waals surface area contributed by atoms with Gasteiger partial charge in [0.1, 0.15) is 5.82 Å². The maximum atomic E-state index is 13.5. The van der Waals surface area contributed by atoms with Gasteiger partial charge >= 0.3 is 0 Å². The molecule has 2 aromatic rings. The molecule has 0 amide bonds. The van der Waals surface area contributed by atoms with E-state index in [1.54, 1.807) is 12.1 Å². The number of carbonyl (C=O) groups is 1. The fourth-order valence-electron chi connectivity index (χ4n) is 2.48. The zero-order valence-corrected chi connectivity index (χ0v) is 14.6. The summed E-state index contributed by atoms with van der Waals surface area (Å²) in [7, 11) is -3.83. The van der Waals surface area contributed by atoms with E-state index in [0.29, 0.717) is 0 Å². The molecule has 0 saturated heterocycles. The predicted octanol–water partition coefficient (Wildman–Crippen LogP) is 3.29. The Morgan fingerprint density at radius 2 is 1.83 bits per heavy atom. The van der Waals surface area contributed by atoms with Crippen molar-refractivity contribution in [2.75, 3.05) is 10.8 Å². The van der Waals surface area contributed by atoms with Crippen molar-refractivity contribution in [3.8, 4) is 0 Å². The number of hydrogen-bond acceptors (Lipinski definition) is 3. The highest BCUT2D eigenvalue weighted by molar-refractivity contribution is 9.10. The first-order chi connectivity index (χ1) is 10.8. The number of Topliss-reactive ketones (excluding diaryl/α,β-unsaturated/α-hetero) is 1. The van der Waals surface area contributed by atoms with Gasteiger partial charge < -0.3 is 0 Å². The molecule has 1 aliphatic heterocycles. The maximum Gasteiger partial charge on any atom is 0.264 e. The molecule has 120 valence electrons. The third kappa shape index (κ3) is 2.79. The van der Waals surface area contributed by atoms with Gasteiger partial charge in [-0.25, -0.2) is 12.8 Å². The van der Waals surface area contributed by atoms with Crippen molar-refractivity contribution in [1.82, 2.24) is 0 Å². The SMILES string of the molecule is Cc1ccc(S(=O)(=O)N2CC(Br)C(=O)c3cc(F)ccc32)cc1. The van der Waals surface area contributed by atoms with E-state index in [9.17, 15) is 17.6 Å². The number of anilines is 1. The van der Waals surface area contributed by atoms with Crippen LogP contribution in [0.4, 0.5) is 10.1 Å². The zero-order chi connectivity index (χ0) is 16.8. The Hall–Kier alpha value is -1.73. The van der Waals surface area contributed by atoms with Crippen molar-refractivity contribution in [1.29, 1.82) is 0 Å². The van der Waals surface area contributed by atoms with Gasteiger partial charge in [-0.2, -0.15) is 0 Å². The van der Waals surface area contributed by atoms with Crippen LogP contribution in [0.3, 0.4) is 0 Å². The monoisotopic (exact) mass is 397 g/mol. The lowest BCUT2D eigenvalue weighted by Crippen LogP contribution is -2.43. The Bertz CT molecular complexity index is 881. The number of alkyl halides is 1. The van der Waals surface area contributed by atoms with Crippen LogP contribution in [0.1, 0.15) is 15.9 Å². The molecular weight excluding hydrogens is 385 g/mol. The summed E-state index contributed by atoms with van der Waals surface area (Å²) in [5, 5.41) is 0. The minimum absolute atomic E-state index is 0.0341. The van der Waals surface area contributed by atoms with E-state index in [0.717, 1.165) is 22.0 Å². The van der Waals surface area contributed by atoms with Crippen LogP contribution in [0.25, 0.3) is 0 Å². The lowest BCUT2D eigenvalue weighted by molar-refractivity contribution is 0.0990. The van der Waals surface area contributed by atoms with E-state index in [4.69, 9.17) is 0 Å². The van der Waals surface area contributed by atoms with Gasteiger partial charge in [-0.15, -0.1) is 0 Å². The number of aryl methyl sites for hydroxylation is 1. The molecule has 1 unspecified atom stereocenters. The molecule has 4 nitrogen and oxygen atoms in total. The van der Waals surface area contributed by atoms with E-state index in [2.05, 4.69) is 15.9 Å². The van der Waals surface area contributed by atoms with Crippen LogP contribution in [0.15, 0.2) is 47.4 Å². The molecule has 0 radical (unpaired) electrons. The van der Waals surface area contributed by atoms with Crippen molar-refractivity contribution < 1.29 is 17.6 Å². The molecule has 0 saturated carbocycles. The third-order valence-corrected chi connectivity index (χ3v) is 6.21. The van der Waals surface area contributed by atoms with E-state index in [1.807, 2.05) is 6.92 Å². The third-order valence-electron chi connectivity index (χ3n) is 3.71. The van der Waals surface area contributed by atoms with Crippen LogP contribution >= 0.6 is 15.9 Å². The number of hydrogen-bond donors (Lipinski definition) is 0. The quantitative estimate of drug-likeness (QED) is 0.730. The Kier molecular flexibility index (Phi) is 4.01. The Labute approximate surface area is 142 Å². The van der Waals surface area contributed by atoms with E-state index in [-0.39, 0.29) is 28.5 Å². The summed E-state index contributed by atoms with van der Waals surface area (Å²) in [6, 6.07) is 10.0. The lowest BCUT2D eigenvalue weighted by Gasteiger charge is -2.32. The number of carbonyl (C=O) groups excluding carboxylic acids is 1. The summed E-state index contributed by atoms with van der Waals surface area (Å²) >= 11 is 3.19. The van der Waals surface area contributed by atoms with Gasteiger partial charge in [0.2, 0.25) is 0 Å². The van der Waals surface area contributed by atoms with Gasteiger partial charge in [0, 0.05) is 5.56 Å². The summed E-state index contributed by atoms with van der Waals surface area (Å²) in [4.78, 5) is 11.6. The van der Waals surface area contributed by atoms with Crippen LogP contribution in [-0.4, -0.2) is 25.6 Å². The highest BCUT2D eigenvalue weighted by Gasteiger charge is 2.37. The van der Waals surface area contributed by atoms with Crippen molar-refractivity contribution >= 4 is 37.4 Å². The number of halogens is 2. The van der Waals surface area contributed by atoms with E-state index in [1.165, 1.54) is 18.2 Å². The molecule has 23 heavy (non-hydrogen) atoms. The van der Waals surface area contributed by atoms with Crippen LogP contribution in [0.5, 0.6) is 0 Å². The van der Waals surface area contributed by atoms with Crippen LogP contribution in [0.2, 0.25) is 0 Å². The molecule has 7 heteroatoms. The summed E-state index contributed by atoms with van der Waals surface area (Å²) in [6.07, 6.45) is 0. The highest BCUT2D eigenvalue weighted by atomic mass is 79.9. The number of ketones is 1.